The van der Waals surface area contributed by atoms with Gasteiger partial charge in [0.2, 0.25) is 0 Å². The van der Waals surface area contributed by atoms with Gasteiger partial charge in [0.1, 0.15) is 0 Å². The van der Waals surface area contributed by atoms with Crippen LogP contribution < -0.4 is 5.69 Å². The van der Waals surface area contributed by atoms with Gasteiger partial charge in [-0.1, -0.05) is 0 Å². The summed E-state index contributed by atoms with van der Waals surface area (Å²) in [6.07, 6.45) is 2.90. The van der Waals surface area contributed by atoms with Crippen molar-refractivity contribution in [2.45, 2.75) is 58.1 Å². The fourth-order valence-electron chi connectivity index (χ4n) is 3.04. The van der Waals surface area contributed by atoms with E-state index in [1.165, 1.54) is 0 Å². The predicted octanol–water partition coefficient (Wildman–Crippen LogP) is 1.62. The third kappa shape index (κ3) is 2.72. The fraction of sp³-hybridized carbons (Fsp3) is 0.667. The van der Waals surface area contributed by atoms with Crippen molar-refractivity contribution in [1.29, 1.82) is 0 Å². The number of hydrogen-bond donors (Lipinski definition) is 1. The molecule has 0 aliphatic heterocycles. The number of aryl methyl sites for hydroxylation is 1. The van der Waals surface area contributed by atoms with E-state index in [2.05, 4.69) is 4.98 Å². The van der Waals surface area contributed by atoms with Crippen molar-refractivity contribution in [2.75, 3.05) is 7.11 Å². The Bertz CT molecular complexity index is 611. The van der Waals surface area contributed by atoms with Crippen LogP contribution in [0.3, 0.4) is 0 Å². The Morgan fingerprint density at radius 1 is 1.48 bits per heavy atom. The predicted molar refractivity (Wildman–Crippen MR) is 77.6 cm³/mol. The van der Waals surface area contributed by atoms with Gasteiger partial charge in [-0.25, -0.2) is 4.79 Å². The highest BCUT2D eigenvalue weighted by Gasteiger charge is 2.38. The van der Waals surface area contributed by atoms with Crippen molar-refractivity contribution in [2.24, 2.45) is 0 Å². The summed E-state index contributed by atoms with van der Waals surface area (Å²) in [6, 6.07) is 0. The Hall–Kier alpha value is -1.69. The zero-order valence-electron chi connectivity index (χ0n) is 13.0. The standard InChI is InChI=1S/C15H22N2O4/c1-9(13(18)19)12-10(2)16-14(20)17(11(12)3)8-15(21-4)6-5-7-15/h9H,5-8H2,1-4H3,(H,18,19). The molecule has 1 aliphatic rings. The van der Waals surface area contributed by atoms with Gasteiger partial charge in [-0.15, -0.1) is 0 Å². The second-order valence-corrected chi connectivity index (χ2v) is 5.87. The molecule has 1 fully saturated rings. The number of carboxylic acids is 1. The minimum absolute atomic E-state index is 0.310. The van der Waals surface area contributed by atoms with Gasteiger partial charge in [-0.2, -0.15) is 4.98 Å². The molecule has 1 atom stereocenters. The van der Waals surface area contributed by atoms with Gasteiger partial charge < -0.3 is 9.84 Å². The Kier molecular flexibility index (Phi) is 4.18. The molecule has 0 aromatic carbocycles. The molecule has 0 spiro atoms. The normalized spacial score (nSPS) is 18.1. The molecule has 0 saturated heterocycles. The number of rotatable bonds is 5. The van der Waals surface area contributed by atoms with E-state index in [1.807, 2.05) is 0 Å². The number of methoxy groups -OCH3 is 1. The van der Waals surface area contributed by atoms with Crippen molar-refractivity contribution < 1.29 is 14.6 Å². The lowest BCUT2D eigenvalue weighted by atomic mass is 9.79. The number of aromatic nitrogens is 2. The average Bonchev–Trinajstić information content (AvgIpc) is 2.36. The van der Waals surface area contributed by atoms with E-state index in [0.717, 1.165) is 19.3 Å². The van der Waals surface area contributed by atoms with Crippen LogP contribution in [0.4, 0.5) is 0 Å². The quantitative estimate of drug-likeness (QED) is 0.892. The van der Waals surface area contributed by atoms with Crippen molar-refractivity contribution in [3.8, 4) is 0 Å². The third-order valence-electron chi connectivity index (χ3n) is 4.63. The van der Waals surface area contributed by atoms with Crippen LogP contribution in [0.5, 0.6) is 0 Å². The first kappa shape index (κ1) is 15.7. The SMILES string of the molecule is COC1(Cn2c(C)c(C(C)C(=O)O)c(C)nc2=O)CCC1. The molecular weight excluding hydrogens is 272 g/mol. The van der Waals surface area contributed by atoms with E-state index in [4.69, 9.17) is 4.74 Å². The molecule has 1 aromatic heterocycles. The smallest absolute Gasteiger partial charge is 0.348 e. The summed E-state index contributed by atoms with van der Waals surface area (Å²) in [5, 5.41) is 9.24. The van der Waals surface area contributed by atoms with Crippen LogP contribution in [0.25, 0.3) is 0 Å². The van der Waals surface area contributed by atoms with Crippen LogP contribution in [0.2, 0.25) is 0 Å². The summed E-state index contributed by atoms with van der Waals surface area (Å²) in [5.74, 6) is -1.61. The van der Waals surface area contributed by atoms with E-state index < -0.39 is 11.9 Å². The second-order valence-electron chi connectivity index (χ2n) is 5.87. The molecule has 2 rings (SSSR count). The van der Waals surface area contributed by atoms with Gasteiger partial charge in [0.25, 0.3) is 0 Å². The summed E-state index contributed by atoms with van der Waals surface area (Å²) in [7, 11) is 1.65. The van der Waals surface area contributed by atoms with Crippen LogP contribution in [0, 0.1) is 13.8 Å². The third-order valence-corrected chi connectivity index (χ3v) is 4.63. The van der Waals surface area contributed by atoms with Crippen molar-refractivity contribution in [3.63, 3.8) is 0 Å². The van der Waals surface area contributed by atoms with Gasteiger partial charge in [0.15, 0.2) is 0 Å². The summed E-state index contributed by atoms with van der Waals surface area (Å²) in [5.41, 5.74) is 1.13. The molecule has 1 aliphatic carbocycles. The zero-order valence-corrected chi connectivity index (χ0v) is 13.0. The number of hydrogen-bond acceptors (Lipinski definition) is 4. The highest BCUT2D eigenvalue weighted by molar-refractivity contribution is 5.76. The van der Waals surface area contributed by atoms with Crippen LogP contribution in [0.15, 0.2) is 4.79 Å². The maximum absolute atomic E-state index is 12.2. The topological polar surface area (TPSA) is 81.4 Å². The van der Waals surface area contributed by atoms with Gasteiger partial charge in [-0.05, 0) is 40.0 Å². The van der Waals surface area contributed by atoms with E-state index in [0.29, 0.717) is 23.5 Å². The molecule has 6 heteroatoms. The summed E-state index contributed by atoms with van der Waals surface area (Å²) >= 11 is 0. The van der Waals surface area contributed by atoms with Gasteiger partial charge in [0.05, 0.1) is 18.1 Å². The molecule has 1 saturated carbocycles. The molecule has 1 aromatic rings. The molecule has 1 unspecified atom stereocenters. The Morgan fingerprint density at radius 3 is 2.52 bits per heavy atom. The van der Waals surface area contributed by atoms with E-state index in [-0.39, 0.29) is 11.3 Å². The van der Waals surface area contributed by atoms with Gasteiger partial charge in [0, 0.05) is 24.1 Å². The highest BCUT2D eigenvalue weighted by atomic mass is 16.5. The molecule has 21 heavy (non-hydrogen) atoms. The average molecular weight is 294 g/mol. The molecule has 0 amide bonds. The molecule has 1 heterocycles. The minimum Gasteiger partial charge on any atom is -0.481 e. The van der Waals surface area contributed by atoms with Crippen LogP contribution in [-0.2, 0) is 16.1 Å². The summed E-state index contributed by atoms with van der Waals surface area (Å²) < 4.78 is 7.12. The Labute approximate surface area is 123 Å². The number of nitrogens with zero attached hydrogens (tertiary/aromatic N) is 2. The molecule has 0 bridgehead atoms. The Morgan fingerprint density at radius 2 is 2.10 bits per heavy atom. The van der Waals surface area contributed by atoms with Crippen molar-refractivity contribution >= 4 is 5.97 Å². The molecule has 6 nitrogen and oxygen atoms in total. The maximum Gasteiger partial charge on any atom is 0.348 e. The zero-order chi connectivity index (χ0) is 15.8. The van der Waals surface area contributed by atoms with E-state index >= 15 is 0 Å². The van der Waals surface area contributed by atoms with Crippen LogP contribution in [0.1, 0.15) is 49.1 Å². The van der Waals surface area contributed by atoms with E-state index in [9.17, 15) is 14.7 Å². The fourth-order valence-corrected chi connectivity index (χ4v) is 3.04. The number of carbonyl (C=O) groups is 1. The number of ether oxygens (including phenoxy) is 1. The van der Waals surface area contributed by atoms with Gasteiger partial charge >= 0.3 is 11.7 Å². The monoisotopic (exact) mass is 294 g/mol. The Balaban J connectivity index is 2.49. The molecule has 0 radical (unpaired) electrons. The summed E-state index contributed by atoms with van der Waals surface area (Å²) in [4.78, 5) is 27.5. The number of aliphatic carboxylic acids is 1. The first-order valence-corrected chi connectivity index (χ1v) is 7.17. The van der Waals surface area contributed by atoms with Crippen LogP contribution >= 0.6 is 0 Å². The lowest BCUT2D eigenvalue weighted by Gasteiger charge is -2.41. The lowest BCUT2D eigenvalue weighted by molar-refractivity contribution is -0.138. The maximum atomic E-state index is 12.2. The lowest BCUT2D eigenvalue weighted by Crippen LogP contribution is -2.46. The van der Waals surface area contributed by atoms with Crippen molar-refractivity contribution in [1.82, 2.24) is 9.55 Å². The molecular formula is C15H22N2O4. The minimum atomic E-state index is -0.918. The number of carboxylic acid groups (broad SMARTS) is 1. The largest absolute Gasteiger partial charge is 0.481 e. The van der Waals surface area contributed by atoms with Crippen LogP contribution in [-0.4, -0.2) is 33.3 Å². The van der Waals surface area contributed by atoms with Gasteiger partial charge in [-0.3, -0.25) is 9.36 Å². The van der Waals surface area contributed by atoms with Crippen molar-refractivity contribution in [3.05, 3.63) is 27.4 Å². The van der Waals surface area contributed by atoms with E-state index in [1.54, 1.807) is 32.4 Å². The first-order valence-electron chi connectivity index (χ1n) is 7.17. The molecule has 1 N–H and O–H groups in total. The molecule has 116 valence electrons. The second kappa shape index (κ2) is 5.60. The highest BCUT2D eigenvalue weighted by Crippen LogP contribution is 2.36. The first-order chi connectivity index (χ1) is 9.81. The summed E-state index contributed by atoms with van der Waals surface area (Å²) in [6.45, 7) is 5.51.